The maximum absolute atomic E-state index is 11.4. The number of hydrogen-bond donors (Lipinski definition) is 2. The van der Waals surface area contributed by atoms with E-state index >= 15 is 0 Å². The largest absolute Gasteiger partial charge is 0.460 e. The van der Waals surface area contributed by atoms with Crippen LogP contribution < -0.4 is 11.2 Å². The molecular weight excluding hydrogens is 342 g/mol. The Morgan fingerprint density at radius 2 is 2.33 bits per heavy atom. The Morgan fingerprint density at radius 3 is 2.92 bits per heavy atom. The van der Waals surface area contributed by atoms with Crippen LogP contribution >= 0.6 is 11.6 Å². The highest BCUT2D eigenvalue weighted by Crippen LogP contribution is 2.33. The van der Waals surface area contributed by atoms with E-state index in [0.29, 0.717) is 5.69 Å². The smallest absolute Gasteiger partial charge is 0.375 e. The van der Waals surface area contributed by atoms with Gasteiger partial charge in [0.25, 0.3) is 5.69 Å². The van der Waals surface area contributed by atoms with E-state index in [2.05, 4.69) is 25.3 Å². The predicted molar refractivity (Wildman–Crippen MR) is 84.9 cm³/mol. The predicted octanol–water partition coefficient (Wildman–Crippen LogP) is 1.08. The highest BCUT2D eigenvalue weighted by molar-refractivity contribution is 6.35. The highest BCUT2D eigenvalue weighted by atomic mass is 35.5. The maximum atomic E-state index is 11.4. The van der Waals surface area contributed by atoms with Gasteiger partial charge in [0.05, 0.1) is 22.2 Å². The third-order valence-electron chi connectivity index (χ3n) is 2.71. The molecule has 24 heavy (non-hydrogen) atoms. The molecule has 0 unspecified atom stereocenters. The van der Waals surface area contributed by atoms with Crippen molar-refractivity contribution in [2.45, 2.75) is 6.92 Å². The summed E-state index contributed by atoms with van der Waals surface area (Å²) in [7, 11) is 0. The first-order chi connectivity index (χ1) is 11.4. The number of carbonyl (C=O) groups is 1. The number of aromatic nitrogens is 3. The molecule has 3 N–H and O–H groups in total. The number of halogens is 1. The van der Waals surface area contributed by atoms with Crippen LogP contribution in [0.25, 0.3) is 5.69 Å². The monoisotopic (exact) mass is 353 g/mol. The molecule has 0 amide bonds. The lowest BCUT2D eigenvalue weighted by Crippen LogP contribution is -2.27. The van der Waals surface area contributed by atoms with E-state index < -0.39 is 16.7 Å². The van der Waals surface area contributed by atoms with E-state index in [1.165, 1.54) is 23.4 Å². The number of hydrogen-bond acceptors (Lipinski definition) is 8. The van der Waals surface area contributed by atoms with Crippen molar-refractivity contribution in [3.63, 3.8) is 0 Å². The molecule has 1 aromatic carbocycles. The van der Waals surface area contributed by atoms with Crippen LogP contribution in [-0.2, 0) is 9.53 Å². The zero-order valence-electron chi connectivity index (χ0n) is 12.3. The lowest BCUT2D eigenvalue weighted by Gasteiger charge is -2.08. The van der Waals surface area contributed by atoms with Gasteiger partial charge >= 0.3 is 5.97 Å². The summed E-state index contributed by atoms with van der Waals surface area (Å²) in [6.07, 6.45) is 2.65. The summed E-state index contributed by atoms with van der Waals surface area (Å²) < 4.78 is 5.97. The summed E-state index contributed by atoms with van der Waals surface area (Å²) in [6.45, 7) is 1.72. The molecule has 0 aliphatic carbocycles. The quantitative estimate of drug-likeness (QED) is 0.266. The van der Waals surface area contributed by atoms with Crippen molar-refractivity contribution < 1.29 is 14.5 Å². The second kappa shape index (κ2) is 7.37. The number of benzene rings is 1. The van der Waals surface area contributed by atoms with E-state index in [-0.39, 0.29) is 23.0 Å². The van der Waals surface area contributed by atoms with Gasteiger partial charge in [-0.2, -0.15) is 5.10 Å². The van der Waals surface area contributed by atoms with Crippen molar-refractivity contribution in [2.24, 2.45) is 10.8 Å². The average Bonchev–Trinajstić information content (AvgIpc) is 3.07. The van der Waals surface area contributed by atoms with Crippen LogP contribution in [0.15, 0.2) is 29.9 Å². The van der Waals surface area contributed by atoms with Gasteiger partial charge in [-0.05, 0) is 13.0 Å². The molecule has 2 rings (SSSR count). The highest BCUT2D eigenvalue weighted by Gasteiger charge is 2.19. The molecule has 0 aliphatic heterocycles. The van der Waals surface area contributed by atoms with Crippen LogP contribution in [0.1, 0.15) is 6.92 Å². The normalized spacial score (nSPS) is 11.2. The van der Waals surface area contributed by atoms with E-state index in [1.54, 1.807) is 6.92 Å². The van der Waals surface area contributed by atoms with Crippen LogP contribution in [0.3, 0.4) is 0 Å². The van der Waals surface area contributed by atoms with E-state index in [1.807, 2.05) is 0 Å². The van der Waals surface area contributed by atoms with Crippen LogP contribution in [0.5, 0.6) is 0 Å². The molecule has 0 bridgehead atoms. The van der Waals surface area contributed by atoms with Gasteiger partial charge in [0.1, 0.15) is 18.3 Å². The molecule has 1 aromatic heterocycles. The van der Waals surface area contributed by atoms with Crippen molar-refractivity contribution in [1.82, 2.24) is 14.8 Å². The summed E-state index contributed by atoms with van der Waals surface area (Å²) in [5, 5.41) is 18.7. The molecule has 0 saturated heterocycles. The van der Waals surface area contributed by atoms with Gasteiger partial charge in [-0.1, -0.05) is 11.6 Å². The van der Waals surface area contributed by atoms with Gasteiger partial charge in [-0.3, -0.25) is 15.5 Å². The second-order valence-electron chi connectivity index (χ2n) is 4.25. The standard InChI is InChI=1S/C12H12ClN7O4/c1-2-24-12(21)11(14)18-17-8-4-9(19-6-15-5-16-19)7(13)3-10(8)20(22)23/h3-6,17H,2H2,1H3,(H2,14,18). The van der Waals surface area contributed by atoms with Gasteiger partial charge in [-0.15, -0.1) is 5.10 Å². The molecular formula is C12H12ClN7O4. The first-order valence-electron chi connectivity index (χ1n) is 6.53. The number of hydrazone groups is 1. The Morgan fingerprint density at radius 1 is 1.58 bits per heavy atom. The third kappa shape index (κ3) is 3.76. The molecule has 0 atom stereocenters. The molecule has 0 spiro atoms. The SMILES string of the molecule is CCOC(=O)/C(N)=N\Nc1cc(-n2cncn2)c(Cl)cc1[N+](=O)[O-]. The molecule has 0 radical (unpaired) electrons. The Hall–Kier alpha value is -3.21. The van der Waals surface area contributed by atoms with Crippen molar-refractivity contribution in [3.8, 4) is 5.69 Å². The fourth-order valence-electron chi connectivity index (χ4n) is 1.67. The molecule has 1 heterocycles. The summed E-state index contributed by atoms with van der Waals surface area (Å²) >= 11 is 6.04. The number of nitrogens with zero attached hydrogens (tertiary/aromatic N) is 5. The molecule has 0 aliphatic rings. The maximum Gasteiger partial charge on any atom is 0.375 e. The number of amidine groups is 1. The third-order valence-corrected chi connectivity index (χ3v) is 3.01. The Labute approximate surface area is 140 Å². The number of rotatable bonds is 5. The van der Waals surface area contributed by atoms with Crippen LogP contribution in [0.2, 0.25) is 5.02 Å². The number of ether oxygens (including phenoxy) is 1. The molecule has 11 nitrogen and oxygen atoms in total. The summed E-state index contributed by atoms with van der Waals surface area (Å²) in [5.41, 5.74) is 7.72. The minimum absolute atomic E-state index is 0.0397. The van der Waals surface area contributed by atoms with E-state index in [0.717, 1.165) is 6.07 Å². The lowest BCUT2D eigenvalue weighted by atomic mass is 10.2. The van der Waals surface area contributed by atoms with Crippen molar-refractivity contribution >= 4 is 34.8 Å². The second-order valence-corrected chi connectivity index (χ2v) is 4.65. The number of anilines is 1. The fourth-order valence-corrected chi connectivity index (χ4v) is 1.92. The molecule has 12 heteroatoms. The van der Waals surface area contributed by atoms with Gasteiger partial charge in [0.2, 0.25) is 5.84 Å². The number of nitro benzene ring substituents is 1. The van der Waals surface area contributed by atoms with E-state index in [4.69, 9.17) is 17.3 Å². The first kappa shape index (κ1) is 17.1. The Kier molecular flexibility index (Phi) is 5.27. The van der Waals surface area contributed by atoms with Gasteiger partial charge in [-0.25, -0.2) is 14.5 Å². The molecule has 2 aromatic rings. The minimum Gasteiger partial charge on any atom is -0.460 e. The number of nitro groups is 1. The summed E-state index contributed by atoms with van der Waals surface area (Å²) in [6, 6.07) is 2.45. The van der Waals surface area contributed by atoms with Gasteiger partial charge in [0.15, 0.2) is 0 Å². The van der Waals surface area contributed by atoms with Crippen LogP contribution in [-0.4, -0.2) is 38.1 Å². The summed E-state index contributed by atoms with van der Waals surface area (Å²) in [4.78, 5) is 25.7. The van der Waals surface area contributed by atoms with Gasteiger partial charge < -0.3 is 10.5 Å². The van der Waals surface area contributed by atoms with Crippen LogP contribution in [0.4, 0.5) is 11.4 Å². The average molecular weight is 354 g/mol. The van der Waals surface area contributed by atoms with Gasteiger partial charge in [0, 0.05) is 6.07 Å². The number of esters is 1. The first-order valence-corrected chi connectivity index (χ1v) is 6.91. The van der Waals surface area contributed by atoms with E-state index in [9.17, 15) is 14.9 Å². The molecule has 126 valence electrons. The molecule has 0 fully saturated rings. The van der Waals surface area contributed by atoms with Crippen molar-refractivity contribution in [1.29, 1.82) is 0 Å². The Balaban J connectivity index is 2.40. The minimum atomic E-state index is -0.849. The number of nitrogens with one attached hydrogen (secondary N) is 1. The number of carbonyl (C=O) groups excluding carboxylic acids is 1. The van der Waals surface area contributed by atoms with Crippen molar-refractivity contribution in [3.05, 3.63) is 39.9 Å². The Bertz CT molecular complexity index is 791. The zero-order chi connectivity index (χ0) is 17.7. The number of nitrogens with two attached hydrogens (primary N) is 1. The van der Waals surface area contributed by atoms with Crippen molar-refractivity contribution in [2.75, 3.05) is 12.0 Å². The van der Waals surface area contributed by atoms with Crippen LogP contribution in [0, 0.1) is 10.1 Å². The zero-order valence-corrected chi connectivity index (χ0v) is 13.1. The fraction of sp³-hybridized carbons (Fsp3) is 0.167. The summed E-state index contributed by atoms with van der Waals surface area (Å²) in [5.74, 6) is -1.33. The topological polar surface area (TPSA) is 151 Å². The molecule has 0 saturated carbocycles. The lowest BCUT2D eigenvalue weighted by molar-refractivity contribution is -0.383.